The molecule has 2 fully saturated rings. The fraction of sp³-hybridized carbons (Fsp3) is 0.474. The van der Waals surface area contributed by atoms with Crippen molar-refractivity contribution in [2.45, 2.75) is 32.0 Å². The number of anilines is 1. The van der Waals surface area contributed by atoms with E-state index < -0.39 is 31.3 Å². The molecule has 0 spiro atoms. The number of carbonyl (C=O) groups excluding carboxylic acids is 4. The molecule has 0 aromatic heterocycles. The van der Waals surface area contributed by atoms with E-state index in [-0.39, 0.29) is 40.8 Å². The predicted octanol–water partition coefficient (Wildman–Crippen LogP) is 1.66. The molecule has 1 saturated carbocycles. The molecule has 1 aromatic rings. The molecule has 1 N–H and O–H groups in total. The number of halogens is 2. The quantitative estimate of drug-likeness (QED) is 0.565. The third-order valence-corrected chi connectivity index (χ3v) is 5.27. The lowest BCUT2D eigenvalue weighted by Crippen LogP contribution is -2.37. The highest BCUT2D eigenvalue weighted by Gasteiger charge is 2.48. The van der Waals surface area contributed by atoms with Crippen LogP contribution < -0.4 is 14.8 Å². The fourth-order valence-corrected chi connectivity index (χ4v) is 3.93. The third kappa shape index (κ3) is 3.91. The first-order valence-electron chi connectivity index (χ1n) is 9.44. The molecule has 9 nitrogen and oxygen atoms in total. The molecule has 0 radical (unpaired) electrons. The second-order valence-electron chi connectivity index (χ2n) is 7.30. The summed E-state index contributed by atoms with van der Waals surface area (Å²) in [6.07, 6.45) is -0.774. The second-order valence-corrected chi connectivity index (χ2v) is 7.30. The Morgan fingerprint density at radius 3 is 2.40 bits per heavy atom. The van der Waals surface area contributed by atoms with Crippen LogP contribution in [0.2, 0.25) is 0 Å². The number of esters is 1. The summed E-state index contributed by atoms with van der Waals surface area (Å²) >= 11 is 0. The van der Waals surface area contributed by atoms with Crippen LogP contribution in [-0.2, 0) is 23.9 Å². The van der Waals surface area contributed by atoms with Gasteiger partial charge in [0.25, 0.3) is 5.91 Å². The minimum Gasteiger partial charge on any atom is -0.454 e. The minimum atomic E-state index is -3.78. The highest BCUT2D eigenvalue weighted by molar-refractivity contribution is 6.07. The highest BCUT2D eigenvalue weighted by Crippen LogP contribution is 2.42. The maximum absolute atomic E-state index is 13.0. The topological polar surface area (TPSA) is 111 Å². The number of nitrogens with one attached hydrogen (secondary N) is 1. The lowest BCUT2D eigenvalue weighted by atomic mass is 9.81. The van der Waals surface area contributed by atoms with Gasteiger partial charge in [-0.05, 0) is 25.0 Å². The van der Waals surface area contributed by atoms with Gasteiger partial charge in [0.05, 0.1) is 11.8 Å². The van der Waals surface area contributed by atoms with Crippen molar-refractivity contribution in [3.05, 3.63) is 18.2 Å². The molecule has 3 aliphatic rings. The zero-order valence-corrected chi connectivity index (χ0v) is 15.7. The fourth-order valence-electron chi connectivity index (χ4n) is 3.93. The number of ether oxygens (including phenoxy) is 3. The number of amides is 3. The van der Waals surface area contributed by atoms with E-state index in [4.69, 9.17) is 4.74 Å². The van der Waals surface area contributed by atoms with E-state index >= 15 is 0 Å². The third-order valence-electron chi connectivity index (χ3n) is 5.27. The Labute approximate surface area is 169 Å². The van der Waals surface area contributed by atoms with Crippen LogP contribution in [0, 0.1) is 11.8 Å². The van der Waals surface area contributed by atoms with Crippen molar-refractivity contribution in [1.82, 2.24) is 4.90 Å². The Morgan fingerprint density at radius 1 is 1.10 bits per heavy atom. The van der Waals surface area contributed by atoms with Gasteiger partial charge in [-0.2, -0.15) is 0 Å². The van der Waals surface area contributed by atoms with Crippen LogP contribution in [-0.4, -0.2) is 48.0 Å². The maximum Gasteiger partial charge on any atom is 0.586 e. The highest BCUT2D eigenvalue weighted by atomic mass is 19.3. The number of alkyl halides is 2. The lowest BCUT2D eigenvalue weighted by Gasteiger charge is -2.19. The summed E-state index contributed by atoms with van der Waals surface area (Å²) in [7, 11) is 0. The predicted molar refractivity (Wildman–Crippen MR) is 94.4 cm³/mol. The van der Waals surface area contributed by atoms with E-state index in [1.54, 1.807) is 0 Å². The molecule has 2 heterocycles. The van der Waals surface area contributed by atoms with Gasteiger partial charge in [-0.1, -0.05) is 12.8 Å². The summed E-state index contributed by atoms with van der Waals surface area (Å²) in [4.78, 5) is 49.6. The van der Waals surface area contributed by atoms with E-state index in [0.29, 0.717) is 12.8 Å². The molecular weight excluding hydrogens is 406 g/mol. The van der Waals surface area contributed by atoms with Crippen molar-refractivity contribution in [2.24, 2.45) is 11.8 Å². The van der Waals surface area contributed by atoms with Crippen LogP contribution in [0.25, 0.3) is 0 Å². The van der Waals surface area contributed by atoms with E-state index in [1.165, 1.54) is 12.1 Å². The molecule has 2 aliphatic heterocycles. The first kappa shape index (κ1) is 20.0. The van der Waals surface area contributed by atoms with Crippen molar-refractivity contribution in [3.63, 3.8) is 0 Å². The Hall–Kier alpha value is -3.24. The van der Waals surface area contributed by atoms with Crippen LogP contribution >= 0.6 is 0 Å². The normalized spacial score (nSPS) is 23.9. The van der Waals surface area contributed by atoms with Crippen LogP contribution in [0.1, 0.15) is 25.7 Å². The number of rotatable bonds is 5. The first-order chi connectivity index (χ1) is 14.2. The molecule has 1 saturated heterocycles. The Kier molecular flexibility index (Phi) is 5.04. The lowest BCUT2D eigenvalue weighted by molar-refractivity contribution is -0.286. The molecule has 11 heteroatoms. The number of imide groups is 1. The van der Waals surface area contributed by atoms with Gasteiger partial charge in [0.2, 0.25) is 11.8 Å². The van der Waals surface area contributed by atoms with Crippen molar-refractivity contribution in [1.29, 1.82) is 0 Å². The van der Waals surface area contributed by atoms with Gasteiger partial charge in [-0.25, -0.2) is 0 Å². The molecule has 0 bridgehead atoms. The molecule has 0 unspecified atom stereocenters. The first-order valence-corrected chi connectivity index (χ1v) is 9.44. The van der Waals surface area contributed by atoms with E-state index in [1.807, 2.05) is 0 Å². The molecule has 1 aromatic carbocycles. The number of likely N-dealkylation sites (tertiary alicyclic amines) is 1. The number of fused-ring (bicyclic) bond motifs is 2. The summed E-state index contributed by atoms with van der Waals surface area (Å²) in [5, 5.41) is 2.36. The zero-order chi connectivity index (χ0) is 21.5. The second kappa shape index (κ2) is 7.54. The molecule has 160 valence electrons. The largest absolute Gasteiger partial charge is 0.586 e. The maximum atomic E-state index is 13.0. The van der Waals surface area contributed by atoms with Crippen molar-refractivity contribution < 1.29 is 42.2 Å². The standard InChI is InChI=1S/C19H18F2N2O7/c20-19(21)29-13-6-5-10(7-14(13)30-19)22-15(24)9-28-16(25)8-23-17(26)11-3-1-2-4-12(11)18(23)27/h5-7,11-12H,1-4,8-9H2,(H,22,24)/t11-,12-/m1/s1. The van der Waals surface area contributed by atoms with Crippen molar-refractivity contribution in [2.75, 3.05) is 18.5 Å². The monoisotopic (exact) mass is 424 g/mol. The molecule has 30 heavy (non-hydrogen) atoms. The Balaban J connectivity index is 1.27. The van der Waals surface area contributed by atoms with Crippen LogP contribution in [0.4, 0.5) is 14.5 Å². The number of carbonyl (C=O) groups is 4. The van der Waals surface area contributed by atoms with Crippen LogP contribution in [0.3, 0.4) is 0 Å². The summed E-state index contributed by atoms with van der Waals surface area (Å²) < 4.78 is 39.4. The summed E-state index contributed by atoms with van der Waals surface area (Å²) in [6.45, 7) is -1.22. The van der Waals surface area contributed by atoms with Gasteiger partial charge in [0.15, 0.2) is 18.1 Å². The van der Waals surface area contributed by atoms with Gasteiger partial charge >= 0.3 is 12.3 Å². The van der Waals surface area contributed by atoms with E-state index in [0.717, 1.165) is 23.8 Å². The summed E-state index contributed by atoms with van der Waals surface area (Å²) in [5.74, 6) is -3.54. The SMILES string of the molecule is O=C(COC(=O)CN1C(=O)[C@@H]2CCCC[C@H]2C1=O)Nc1ccc2c(c1)OC(F)(F)O2. The van der Waals surface area contributed by atoms with Crippen molar-refractivity contribution in [3.8, 4) is 11.5 Å². The van der Waals surface area contributed by atoms with Gasteiger partial charge < -0.3 is 19.5 Å². The van der Waals surface area contributed by atoms with Gasteiger partial charge in [-0.3, -0.25) is 24.1 Å². The molecule has 2 atom stereocenters. The van der Waals surface area contributed by atoms with Crippen molar-refractivity contribution >= 4 is 29.4 Å². The summed E-state index contributed by atoms with van der Waals surface area (Å²) in [5.41, 5.74) is 0.130. The van der Waals surface area contributed by atoms with Gasteiger partial charge in [-0.15, -0.1) is 8.78 Å². The number of hydrogen-bond acceptors (Lipinski definition) is 7. The molecule has 4 rings (SSSR count). The minimum absolute atomic E-state index is 0.130. The molecule has 1 aliphatic carbocycles. The number of hydrogen-bond donors (Lipinski definition) is 1. The average molecular weight is 424 g/mol. The zero-order valence-electron chi connectivity index (χ0n) is 15.7. The smallest absolute Gasteiger partial charge is 0.454 e. The number of benzene rings is 1. The van der Waals surface area contributed by atoms with Gasteiger partial charge in [0, 0.05) is 11.8 Å². The van der Waals surface area contributed by atoms with E-state index in [2.05, 4.69) is 14.8 Å². The van der Waals surface area contributed by atoms with Crippen LogP contribution in [0.5, 0.6) is 11.5 Å². The molecular formula is C19H18F2N2O7. The Morgan fingerprint density at radius 2 is 1.73 bits per heavy atom. The van der Waals surface area contributed by atoms with Gasteiger partial charge in [0.1, 0.15) is 6.54 Å². The average Bonchev–Trinajstić information content (AvgIpc) is 3.13. The Bertz CT molecular complexity index is 896. The summed E-state index contributed by atoms with van der Waals surface area (Å²) in [6, 6.07) is 3.65. The van der Waals surface area contributed by atoms with Crippen LogP contribution in [0.15, 0.2) is 18.2 Å². The number of nitrogens with zero attached hydrogens (tertiary/aromatic N) is 1. The van der Waals surface area contributed by atoms with E-state index in [9.17, 15) is 28.0 Å². The molecule has 3 amide bonds.